The predicted molar refractivity (Wildman–Crippen MR) is 254 cm³/mol. The van der Waals surface area contributed by atoms with Crippen LogP contribution in [0.3, 0.4) is 0 Å². The lowest BCUT2D eigenvalue weighted by Gasteiger charge is -2.37. The highest BCUT2D eigenvalue weighted by Crippen LogP contribution is 2.42. The Morgan fingerprint density at radius 1 is 1.10 bits per heavy atom. The molecule has 2 aromatic heterocycles. The summed E-state index contributed by atoms with van der Waals surface area (Å²) in [6.45, 7) is 16.7. The van der Waals surface area contributed by atoms with Crippen LogP contribution in [0.4, 0.5) is 0 Å². The topological polar surface area (TPSA) is 179 Å². The van der Waals surface area contributed by atoms with Gasteiger partial charge in [0.05, 0.1) is 42.0 Å². The van der Waals surface area contributed by atoms with Crippen LogP contribution in [0.15, 0.2) is 73.4 Å². The van der Waals surface area contributed by atoms with E-state index < -0.39 is 65.0 Å². The number of hydrazine groups is 1. The number of likely N-dealkylation sites (tertiary alicyclic amines) is 1. The zero-order valence-corrected chi connectivity index (χ0v) is 40.0. The minimum Gasteiger partial charge on any atom is -0.464 e. The van der Waals surface area contributed by atoms with Crippen molar-refractivity contribution < 1.29 is 33.4 Å². The maximum absolute atomic E-state index is 14.7. The Morgan fingerprint density at radius 3 is 2.57 bits per heavy atom. The molecular formula is C52H64N8O7. The van der Waals surface area contributed by atoms with Gasteiger partial charge in [-0.1, -0.05) is 64.6 Å². The number of hydrogen-bond donors (Lipinski definition) is 2. The van der Waals surface area contributed by atoms with Gasteiger partial charge in [0.1, 0.15) is 18.1 Å². The van der Waals surface area contributed by atoms with Crippen LogP contribution in [0.1, 0.15) is 77.3 Å². The number of benzene rings is 2. The van der Waals surface area contributed by atoms with E-state index in [1.54, 1.807) is 13.3 Å². The lowest BCUT2D eigenvalue weighted by Crippen LogP contribution is -2.62. The molecule has 6 bridgehead atoms. The third kappa shape index (κ3) is 10.0. The van der Waals surface area contributed by atoms with Gasteiger partial charge in [0.25, 0.3) is 5.91 Å². The van der Waals surface area contributed by atoms with Crippen molar-refractivity contribution in [1.82, 2.24) is 35.1 Å². The van der Waals surface area contributed by atoms with Gasteiger partial charge in [0, 0.05) is 74.8 Å². The highest BCUT2D eigenvalue weighted by molar-refractivity contribution is 5.96. The first kappa shape index (κ1) is 48.6. The van der Waals surface area contributed by atoms with Crippen LogP contribution in [-0.4, -0.2) is 112 Å². The molecule has 3 aliphatic rings. The number of aromatic nitrogens is 2. The van der Waals surface area contributed by atoms with Crippen LogP contribution >= 0.6 is 0 Å². The zero-order valence-electron chi connectivity index (χ0n) is 40.0. The summed E-state index contributed by atoms with van der Waals surface area (Å²) in [5.41, 5.74) is 10.3. The minimum absolute atomic E-state index is 0.0246. The lowest BCUT2D eigenvalue weighted by molar-refractivity contribution is -0.155. The van der Waals surface area contributed by atoms with Crippen molar-refractivity contribution in [3.05, 3.63) is 90.3 Å². The van der Waals surface area contributed by atoms with Crippen LogP contribution in [-0.2, 0) is 52.8 Å². The molecular weight excluding hydrogens is 849 g/mol. The molecule has 0 unspecified atom stereocenters. The van der Waals surface area contributed by atoms with E-state index in [1.165, 1.54) is 21.9 Å². The molecule has 7 rings (SSSR count). The first-order chi connectivity index (χ1) is 32.0. The van der Waals surface area contributed by atoms with Gasteiger partial charge in [-0.2, -0.15) is 5.26 Å². The summed E-state index contributed by atoms with van der Waals surface area (Å²) in [6, 6.07) is 17.7. The number of carbonyl (C=O) groups excluding carboxylic acids is 5. The molecule has 4 aromatic rings. The van der Waals surface area contributed by atoms with Crippen LogP contribution in [0.2, 0.25) is 0 Å². The Morgan fingerprint density at radius 2 is 1.87 bits per heavy atom. The molecule has 3 aliphatic heterocycles. The number of cyclic esters (lactones) is 1. The van der Waals surface area contributed by atoms with E-state index >= 15 is 0 Å². The minimum atomic E-state index is -1.11. The molecule has 2 fully saturated rings. The molecule has 2 N–H and O–H groups in total. The second-order valence-corrected chi connectivity index (χ2v) is 19.3. The normalized spacial score (nSPS) is 21.8. The van der Waals surface area contributed by atoms with Gasteiger partial charge in [-0.25, -0.2) is 5.43 Å². The number of nitrogens with zero attached hydrogens (tertiary/aromatic N) is 6. The highest BCUT2D eigenvalue weighted by atomic mass is 16.5. The van der Waals surface area contributed by atoms with E-state index in [1.807, 2.05) is 51.1 Å². The molecule has 354 valence electrons. The number of fused-ring (bicyclic) bond motifs is 6. The second-order valence-electron chi connectivity index (χ2n) is 19.3. The molecule has 5 heterocycles. The number of nitriles is 1. The Hall–Kier alpha value is -6.37. The summed E-state index contributed by atoms with van der Waals surface area (Å²) < 4.78 is 14.3. The Balaban J connectivity index is 1.29. The smallest absolute Gasteiger partial charge is 0.324 e. The van der Waals surface area contributed by atoms with E-state index in [0.717, 1.165) is 56.2 Å². The number of pyridine rings is 1. The largest absolute Gasteiger partial charge is 0.464 e. The summed E-state index contributed by atoms with van der Waals surface area (Å²) in [6.07, 6.45) is 4.32. The second kappa shape index (κ2) is 20.2. The molecule has 0 spiro atoms. The van der Waals surface area contributed by atoms with E-state index in [0.29, 0.717) is 32.4 Å². The van der Waals surface area contributed by atoms with Crippen molar-refractivity contribution in [3.8, 4) is 28.5 Å². The number of ether oxygens (including phenoxy) is 2. The van der Waals surface area contributed by atoms with Gasteiger partial charge in [0.2, 0.25) is 17.7 Å². The number of rotatable bonds is 10. The predicted octanol–water partition coefficient (Wildman–Crippen LogP) is 6.01. The molecule has 15 heteroatoms. The summed E-state index contributed by atoms with van der Waals surface area (Å²) >= 11 is 0. The molecule has 2 aromatic carbocycles. The maximum Gasteiger partial charge on any atom is 0.324 e. The molecule has 2 saturated heterocycles. The molecule has 0 radical (unpaired) electrons. The molecule has 6 atom stereocenters. The van der Waals surface area contributed by atoms with Gasteiger partial charge in [-0.15, -0.1) is 0 Å². The fraction of sp³-hybridized carbons (Fsp3) is 0.481. The zero-order chi connectivity index (χ0) is 48.3. The fourth-order valence-electron chi connectivity index (χ4n) is 10.1. The summed E-state index contributed by atoms with van der Waals surface area (Å²) in [5, 5.41) is 15.4. The van der Waals surface area contributed by atoms with Crippen molar-refractivity contribution in [2.45, 2.75) is 98.0 Å². The molecule has 67 heavy (non-hydrogen) atoms. The Kier molecular flexibility index (Phi) is 14.7. The molecule has 4 amide bonds. The standard InChI is InChI=1S/C52H64N8O7/c1-10-44(61)58-28-36(27-53)40(29-58)49(63)57(8)46(31(3)4)48(62)55-42-24-33-15-12-16-34(23-33)35-19-20-43-38(25-35)39(47(59(43)11-2)37-17-13-21-54-45(37)32(5)66-9)26-52(6,7)30-67-51(65)41-18-14-22-60(56-41)50(42)64/h10,12-13,15-17,19-21,23,25,31-32,36,40-42,46,56H,1,11,14,18,22,24,26,28-30H2,2-9H3,(H,55,62)/t32-,36-,40+,41-,42-,46-/m0/s1. The van der Waals surface area contributed by atoms with E-state index in [2.05, 4.69) is 73.0 Å². The number of nitrogens with one attached hydrogen (secondary N) is 2. The highest BCUT2D eigenvalue weighted by Gasteiger charge is 2.44. The molecule has 0 saturated carbocycles. The number of amides is 4. The van der Waals surface area contributed by atoms with Crippen molar-refractivity contribution in [2.24, 2.45) is 23.2 Å². The van der Waals surface area contributed by atoms with E-state index in [-0.39, 0.29) is 38.1 Å². The van der Waals surface area contributed by atoms with Crippen LogP contribution in [0.25, 0.3) is 33.3 Å². The third-order valence-electron chi connectivity index (χ3n) is 13.6. The van der Waals surface area contributed by atoms with Gasteiger partial charge in [-0.05, 0) is 91.6 Å². The summed E-state index contributed by atoms with van der Waals surface area (Å²) in [7, 11) is 3.20. The third-order valence-corrected chi connectivity index (χ3v) is 13.6. The van der Waals surface area contributed by atoms with Gasteiger partial charge < -0.3 is 29.2 Å². The summed E-state index contributed by atoms with van der Waals surface area (Å²) in [4.78, 5) is 77.4. The van der Waals surface area contributed by atoms with Crippen LogP contribution in [0, 0.1) is 34.5 Å². The van der Waals surface area contributed by atoms with Gasteiger partial charge >= 0.3 is 5.97 Å². The number of esters is 1. The van der Waals surface area contributed by atoms with Crippen molar-refractivity contribution >= 4 is 40.5 Å². The number of aryl methyl sites for hydroxylation is 1. The average molecular weight is 913 g/mol. The van der Waals surface area contributed by atoms with Crippen molar-refractivity contribution in [1.29, 1.82) is 5.26 Å². The number of methoxy groups -OCH3 is 1. The Labute approximate surface area is 393 Å². The van der Waals surface area contributed by atoms with Gasteiger partial charge in [0.15, 0.2) is 0 Å². The number of hydrogen-bond acceptors (Lipinski definition) is 10. The SMILES string of the molecule is C=CC(=O)N1C[C@H](C#N)[C@H](C(=O)N(C)[C@H](C(=O)N[C@H]2Cc3cccc(c3)-c3ccc4c(c3)c(c(-c3cccnc3[C@H](C)OC)n4CC)CC(C)(C)COC(=O)[C@@H]3CCCN(N3)C2=O)C(C)C)C1. The maximum atomic E-state index is 14.7. The average Bonchev–Trinajstić information content (AvgIpc) is 3.90. The van der Waals surface area contributed by atoms with Crippen molar-refractivity contribution in [3.63, 3.8) is 0 Å². The first-order valence-electron chi connectivity index (χ1n) is 23.3. The number of likely N-dealkylation sites (N-methyl/N-ethyl adjacent to an activating group) is 1. The Bertz CT molecular complexity index is 2600. The first-order valence-corrected chi connectivity index (χ1v) is 23.3. The monoisotopic (exact) mass is 912 g/mol. The van der Waals surface area contributed by atoms with Crippen molar-refractivity contribution in [2.75, 3.05) is 40.4 Å². The van der Waals surface area contributed by atoms with Gasteiger partial charge in [-0.3, -0.25) is 34.0 Å². The number of carbonyl (C=O) groups is 5. The van der Waals surface area contributed by atoms with Crippen LogP contribution in [0.5, 0.6) is 0 Å². The quantitative estimate of drug-likeness (QED) is 0.141. The fourth-order valence-corrected chi connectivity index (χ4v) is 10.1. The van der Waals surface area contributed by atoms with E-state index in [9.17, 15) is 29.2 Å². The molecule has 15 nitrogen and oxygen atoms in total. The molecule has 0 aliphatic carbocycles. The van der Waals surface area contributed by atoms with E-state index in [4.69, 9.17) is 14.5 Å². The summed E-state index contributed by atoms with van der Waals surface area (Å²) in [5.74, 6) is -4.29. The van der Waals surface area contributed by atoms with Crippen LogP contribution < -0.4 is 10.7 Å². The lowest BCUT2D eigenvalue weighted by atomic mass is 9.84.